The number of hydrogen-bond acceptors (Lipinski definition) is 4. The summed E-state index contributed by atoms with van der Waals surface area (Å²) in [4.78, 5) is 0. The number of nitrogens with zero attached hydrogens (tertiary/aromatic N) is 3. The second-order valence-electron chi connectivity index (χ2n) is 6.42. The highest BCUT2D eigenvalue weighted by Gasteiger charge is 2.19. The van der Waals surface area contributed by atoms with Gasteiger partial charge in [-0.05, 0) is 44.5 Å². The van der Waals surface area contributed by atoms with Crippen molar-refractivity contribution in [3.63, 3.8) is 0 Å². The van der Waals surface area contributed by atoms with Gasteiger partial charge in [-0.15, -0.1) is 10.2 Å². The second kappa shape index (κ2) is 8.31. The third-order valence-electron chi connectivity index (χ3n) is 4.27. The van der Waals surface area contributed by atoms with Crippen molar-refractivity contribution >= 4 is 23.4 Å². The van der Waals surface area contributed by atoms with Crippen LogP contribution in [0.2, 0.25) is 5.02 Å². The maximum Gasteiger partial charge on any atom is 0.191 e. The third kappa shape index (κ3) is 4.45. The van der Waals surface area contributed by atoms with Crippen LogP contribution in [0.4, 0.5) is 4.39 Å². The van der Waals surface area contributed by atoms with E-state index in [0.717, 1.165) is 11.3 Å². The number of aryl methyl sites for hydroxylation is 2. The number of thioether (sulfide) groups is 1. The van der Waals surface area contributed by atoms with Gasteiger partial charge in [-0.25, -0.2) is 4.39 Å². The third-order valence-corrected chi connectivity index (χ3v) is 5.67. The number of rotatable bonds is 6. The lowest BCUT2D eigenvalue weighted by molar-refractivity contribution is 0.210. The van der Waals surface area contributed by atoms with Crippen LogP contribution < -0.4 is 4.74 Å². The van der Waals surface area contributed by atoms with Crippen molar-refractivity contribution in [3.8, 4) is 5.75 Å². The predicted molar refractivity (Wildman–Crippen MR) is 107 cm³/mol. The fourth-order valence-corrected chi connectivity index (χ4v) is 4.05. The number of aromatic nitrogens is 3. The van der Waals surface area contributed by atoms with Crippen molar-refractivity contribution < 1.29 is 9.13 Å². The maximum absolute atomic E-state index is 13.9. The Morgan fingerprint density at radius 3 is 2.70 bits per heavy atom. The molecule has 7 heteroatoms. The van der Waals surface area contributed by atoms with E-state index in [0.29, 0.717) is 27.3 Å². The van der Waals surface area contributed by atoms with Gasteiger partial charge in [0.15, 0.2) is 17.1 Å². The van der Waals surface area contributed by atoms with Crippen LogP contribution in [0.25, 0.3) is 0 Å². The Morgan fingerprint density at radius 1 is 1.22 bits per heavy atom. The Labute approximate surface area is 167 Å². The minimum absolute atomic E-state index is 0.268. The van der Waals surface area contributed by atoms with E-state index in [4.69, 9.17) is 16.3 Å². The molecule has 0 saturated heterocycles. The van der Waals surface area contributed by atoms with Crippen LogP contribution in [0.5, 0.6) is 5.75 Å². The summed E-state index contributed by atoms with van der Waals surface area (Å²) in [5.41, 5.74) is 2.73. The molecule has 4 nitrogen and oxygen atoms in total. The minimum atomic E-state index is -0.316. The zero-order valence-corrected chi connectivity index (χ0v) is 17.2. The molecule has 0 aliphatic rings. The highest BCUT2D eigenvalue weighted by molar-refractivity contribution is 7.98. The van der Waals surface area contributed by atoms with Gasteiger partial charge in [-0.3, -0.25) is 0 Å². The fraction of sp³-hybridized carbons (Fsp3) is 0.300. The predicted octanol–water partition coefficient (Wildman–Crippen LogP) is 5.66. The molecule has 0 aliphatic heterocycles. The van der Waals surface area contributed by atoms with E-state index >= 15 is 0 Å². The largest absolute Gasteiger partial charge is 0.482 e. The van der Waals surface area contributed by atoms with Crippen LogP contribution in [-0.2, 0) is 12.8 Å². The molecule has 3 aromatic rings. The van der Waals surface area contributed by atoms with Gasteiger partial charge >= 0.3 is 0 Å². The van der Waals surface area contributed by atoms with Crippen molar-refractivity contribution in [2.45, 2.75) is 37.8 Å². The van der Waals surface area contributed by atoms with Gasteiger partial charge in [-0.1, -0.05) is 47.1 Å². The average Bonchev–Trinajstić information content (AvgIpc) is 2.98. The summed E-state index contributed by atoms with van der Waals surface area (Å²) >= 11 is 7.48. The van der Waals surface area contributed by atoms with Gasteiger partial charge in [0.05, 0.1) is 0 Å². The van der Waals surface area contributed by atoms with Gasteiger partial charge in [0.1, 0.15) is 11.6 Å². The fourth-order valence-electron chi connectivity index (χ4n) is 2.79. The van der Waals surface area contributed by atoms with E-state index < -0.39 is 0 Å². The topological polar surface area (TPSA) is 39.9 Å². The van der Waals surface area contributed by atoms with Gasteiger partial charge < -0.3 is 9.30 Å². The summed E-state index contributed by atoms with van der Waals surface area (Å²) in [5, 5.41) is 9.57. The Kier molecular flexibility index (Phi) is 6.07. The van der Waals surface area contributed by atoms with Crippen LogP contribution in [0.3, 0.4) is 0 Å². The first kappa shape index (κ1) is 19.7. The van der Waals surface area contributed by atoms with E-state index in [1.807, 2.05) is 44.5 Å². The maximum atomic E-state index is 13.9. The Bertz CT molecular complexity index is 940. The van der Waals surface area contributed by atoms with Crippen molar-refractivity contribution in [3.05, 3.63) is 69.8 Å². The first-order valence-electron chi connectivity index (χ1n) is 8.55. The molecule has 0 spiro atoms. The average molecular weight is 406 g/mol. The van der Waals surface area contributed by atoms with Crippen molar-refractivity contribution in [1.82, 2.24) is 14.8 Å². The molecule has 1 atom stereocenters. The number of halogens is 2. The number of benzene rings is 2. The summed E-state index contributed by atoms with van der Waals surface area (Å²) in [6.45, 7) is 6.00. The Hall–Kier alpha value is -2.05. The van der Waals surface area contributed by atoms with E-state index in [1.165, 1.54) is 23.4 Å². The van der Waals surface area contributed by atoms with Crippen molar-refractivity contribution in [2.75, 3.05) is 0 Å². The van der Waals surface area contributed by atoms with Crippen molar-refractivity contribution in [2.24, 2.45) is 7.05 Å². The highest BCUT2D eigenvalue weighted by atomic mass is 35.5. The lowest BCUT2D eigenvalue weighted by atomic mass is 10.1. The standard InChI is InChI=1S/C20H21ClFN3OS/c1-12-8-9-18(13(2)10-12)26-14(3)19-23-24-20(25(19)4)27-11-15-16(21)6-5-7-17(15)22/h5-10,14H,11H2,1-4H3. The van der Waals surface area contributed by atoms with E-state index in [9.17, 15) is 4.39 Å². The van der Waals surface area contributed by atoms with Crippen LogP contribution in [0, 0.1) is 19.7 Å². The number of hydrogen-bond donors (Lipinski definition) is 0. The normalized spacial score (nSPS) is 12.2. The lowest BCUT2D eigenvalue weighted by Crippen LogP contribution is -2.10. The molecule has 1 heterocycles. The van der Waals surface area contributed by atoms with E-state index in [-0.39, 0.29) is 11.9 Å². The van der Waals surface area contributed by atoms with Gasteiger partial charge in [-0.2, -0.15) is 0 Å². The summed E-state index contributed by atoms with van der Waals surface area (Å²) in [6.07, 6.45) is -0.268. The Balaban J connectivity index is 1.72. The summed E-state index contributed by atoms with van der Waals surface area (Å²) in [6, 6.07) is 10.8. The highest BCUT2D eigenvalue weighted by Crippen LogP contribution is 2.30. The molecular weight excluding hydrogens is 385 g/mol. The zero-order valence-electron chi connectivity index (χ0n) is 15.7. The smallest absolute Gasteiger partial charge is 0.191 e. The monoisotopic (exact) mass is 405 g/mol. The molecule has 0 N–H and O–H groups in total. The quantitative estimate of drug-likeness (QED) is 0.496. The lowest BCUT2D eigenvalue weighted by Gasteiger charge is -2.16. The first-order valence-corrected chi connectivity index (χ1v) is 9.92. The molecule has 1 unspecified atom stereocenters. The number of ether oxygens (including phenoxy) is 1. The van der Waals surface area contributed by atoms with Gasteiger partial charge in [0, 0.05) is 23.4 Å². The molecule has 27 heavy (non-hydrogen) atoms. The summed E-state index contributed by atoms with van der Waals surface area (Å²) < 4.78 is 21.9. The SMILES string of the molecule is Cc1ccc(OC(C)c2nnc(SCc3c(F)cccc3Cl)n2C)c(C)c1. The minimum Gasteiger partial charge on any atom is -0.482 e. The van der Waals surface area contributed by atoms with Crippen LogP contribution in [0.1, 0.15) is 35.5 Å². The molecule has 0 amide bonds. The van der Waals surface area contributed by atoms with Crippen LogP contribution >= 0.6 is 23.4 Å². The van der Waals surface area contributed by atoms with Gasteiger partial charge in [0.25, 0.3) is 0 Å². The van der Waals surface area contributed by atoms with Crippen molar-refractivity contribution in [1.29, 1.82) is 0 Å². The molecule has 2 aromatic carbocycles. The molecule has 0 bridgehead atoms. The van der Waals surface area contributed by atoms with E-state index in [1.54, 1.807) is 12.1 Å². The van der Waals surface area contributed by atoms with Crippen LogP contribution in [0.15, 0.2) is 41.6 Å². The summed E-state index contributed by atoms with van der Waals surface area (Å²) in [7, 11) is 1.88. The van der Waals surface area contributed by atoms with Crippen LogP contribution in [-0.4, -0.2) is 14.8 Å². The molecule has 142 valence electrons. The molecule has 0 saturated carbocycles. The molecular formula is C20H21ClFN3OS. The molecule has 0 fully saturated rings. The van der Waals surface area contributed by atoms with Gasteiger partial charge in [0.2, 0.25) is 0 Å². The molecule has 0 radical (unpaired) electrons. The zero-order chi connectivity index (χ0) is 19.6. The molecule has 0 aliphatic carbocycles. The molecule has 3 rings (SSSR count). The van der Waals surface area contributed by atoms with E-state index in [2.05, 4.69) is 16.3 Å². The molecule has 1 aromatic heterocycles. The second-order valence-corrected chi connectivity index (χ2v) is 7.77. The summed E-state index contributed by atoms with van der Waals surface area (Å²) in [5.74, 6) is 1.59. The first-order chi connectivity index (χ1) is 12.9. The Morgan fingerprint density at radius 2 is 2.00 bits per heavy atom.